The molecule has 0 unspecified atom stereocenters. The van der Waals surface area contributed by atoms with E-state index in [1.807, 2.05) is 33.5 Å². The fraction of sp³-hybridized carbons (Fsp3) is 0.524. The molecule has 0 saturated carbocycles. The minimum Gasteiger partial charge on any atom is -0.337 e. The number of hydrogen-bond donors (Lipinski definition) is 0. The third kappa shape index (κ3) is 3.23. The summed E-state index contributed by atoms with van der Waals surface area (Å²) in [4.78, 5) is 23.7. The zero-order valence-corrected chi connectivity index (χ0v) is 16.7. The summed E-state index contributed by atoms with van der Waals surface area (Å²) in [6.45, 7) is 5.89. The first kappa shape index (κ1) is 18.0. The average Bonchev–Trinajstić information content (AvgIpc) is 3.30. The van der Waals surface area contributed by atoms with Crippen molar-refractivity contribution >= 4 is 6.03 Å². The standard InChI is InChI=1S/C21H29N5O/c1-15-7-5-6-8-17(15)20-18-13-25(14-19-22-9-10-24(19)4)11-16(18)12-26(20)21(27)23(2)3/h5-10,16,18,20H,11-14H2,1-4H3/t16-,18-,20+/m1/s1. The van der Waals surface area contributed by atoms with Crippen molar-refractivity contribution in [3.63, 3.8) is 0 Å². The molecule has 3 heterocycles. The Labute approximate surface area is 161 Å². The van der Waals surface area contributed by atoms with Gasteiger partial charge in [0.25, 0.3) is 0 Å². The molecule has 27 heavy (non-hydrogen) atoms. The number of benzene rings is 1. The molecule has 4 rings (SSSR count). The Morgan fingerprint density at radius 2 is 2.00 bits per heavy atom. The number of imidazole rings is 1. The second kappa shape index (κ2) is 7.00. The van der Waals surface area contributed by atoms with Crippen LogP contribution in [0.3, 0.4) is 0 Å². The lowest BCUT2D eigenvalue weighted by atomic mass is 9.88. The van der Waals surface area contributed by atoms with Crippen LogP contribution in [0.2, 0.25) is 0 Å². The van der Waals surface area contributed by atoms with Crippen LogP contribution >= 0.6 is 0 Å². The first-order valence-electron chi connectivity index (χ1n) is 9.67. The summed E-state index contributed by atoms with van der Waals surface area (Å²) < 4.78 is 2.09. The molecule has 0 spiro atoms. The number of amides is 2. The Morgan fingerprint density at radius 3 is 2.67 bits per heavy atom. The van der Waals surface area contributed by atoms with Crippen LogP contribution < -0.4 is 0 Å². The number of aryl methyl sites for hydroxylation is 2. The summed E-state index contributed by atoms with van der Waals surface area (Å²) in [6.07, 6.45) is 3.86. The predicted octanol–water partition coefficient (Wildman–Crippen LogP) is 2.52. The molecule has 0 N–H and O–H groups in total. The van der Waals surface area contributed by atoms with Crippen molar-refractivity contribution in [2.45, 2.75) is 19.5 Å². The van der Waals surface area contributed by atoms with Crippen LogP contribution in [-0.4, -0.2) is 64.0 Å². The quantitative estimate of drug-likeness (QED) is 0.837. The second-order valence-electron chi connectivity index (χ2n) is 8.20. The molecule has 2 fully saturated rings. The van der Waals surface area contributed by atoms with Gasteiger partial charge in [0.1, 0.15) is 5.82 Å². The fourth-order valence-corrected chi connectivity index (χ4v) is 4.79. The smallest absolute Gasteiger partial charge is 0.320 e. The summed E-state index contributed by atoms with van der Waals surface area (Å²) >= 11 is 0. The van der Waals surface area contributed by atoms with E-state index in [-0.39, 0.29) is 12.1 Å². The summed E-state index contributed by atoms with van der Waals surface area (Å²) in [7, 11) is 5.74. The van der Waals surface area contributed by atoms with E-state index in [1.165, 1.54) is 11.1 Å². The van der Waals surface area contributed by atoms with Crippen LogP contribution in [0.1, 0.15) is 23.0 Å². The molecule has 2 aliphatic heterocycles. The molecule has 3 atom stereocenters. The number of aromatic nitrogens is 2. The van der Waals surface area contributed by atoms with Gasteiger partial charge in [-0.05, 0) is 24.0 Å². The highest BCUT2D eigenvalue weighted by atomic mass is 16.2. The van der Waals surface area contributed by atoms with Crippen molar-refractivity contribution in [3.05, 3.63) is 53.6 Å². The van der Waals surface area contributed by atoms with Crippen molar-refractivity contribution in [3.8, 4) is 0 Å². The third-order valence-electron chi connectivity index (χ3n) is 6.16. The first-order chi connectivity index (χ1) is 13.0. The molecule has 2 amide bonds. The molecule has 6 nitrogen and oxygen atoms in total. The molecule has 0 aliphatic carbocycles. The van der Waals surface area contributed by atoms with Gasteiger partial charge in [0.05, 0.1) is 12.6 Å². The molecular weight excluding hydrogens is 338 g/mol. The van der Waals surface area contributed by atoms with E-state index in [0.29, 0.717) is 11.8 Å². The lowest BCUT2D eigenvalue weighted by Gasteiger charge is -2.32. The monoisotopic (exact) mass is 367 g/mol. The fourth-order valence-electron chi connectivity index (χ4n) is 4.79. The molecule has 2 aliphatic rings. The first-order valence-corrected chi connectivity index (χ1v) is 9.67. The topological polar surface area (TPSA) is 44.6 Å². The molecule has 2 saturated heterocycles. The van der Waals surface area contributed by atoms with Gasteiger partial charge in [-0.25, -0.2) is 9.78 Å². The van der Waals surface area contributed by atoms with Crippen molar-refractivity contribution < 1.29 is 4.79 Å². The molecule has 6 heteroatoms. The van der Waals surface area contributed by atoms with Crippen molar-refractivity contribution in [1.82, 2.24) is 24.3 Å². The Balaban J connectivity index is 1.60. The molecule has 1 aromatic carbocycles. The summed E-state index contributed by atoms with van der Waals surface area (Å²) in [6, 6.07) is 8.78. The molecule has 144 valence electrons. The van der Waals surface area contributed by atoms with Crippen LogP contribution in [0.5, 0.6) is 0 Å². The second-order valence-corrected chi connectivity index (χ2v) is 8.20. The van der Waals surface area contributed by atoms with Gasteiger partial charge in [-0.15, -0.1) is 0 Å². The number of urea groups is 1. The minimum absolute atomic E-state index is 0.119. The van der Waals surface area contributed by atoms with Crippen LogP contribution in [-0.2, 0) is 13.6 Å². The summed E-state index contributed by atoms with van der Waals surface area (Å²) in [5.41, 5.74) is 2.56. The van der Waals surface area contributed by atoms with Gasteiger partial charge in [-0.3, -0.25) is 4.90 Å². The minimum atomic E-state index is 0.119. The number of carbonyl (C=O) groups excluding carboxylic acids is 1. The predicted molar refractivity (Wildman–Crippen MR) is 105 cm³/mol. The van der Waals surface area contributed by atoms with E-state index in [2.05, 4.69) is 50.5 Å². The zero-order valence-electron chi connectivity index (χ0n) is 16.7. The van der Waals surface area contributed by atoms with Gasteiger partial charge >= 0.3 is 6.03 Å². The van der Waals surface area contributed by atoms with Crippen LogP contribution in [0.25, 0.3) is 0 Å². The van der Waals surface area contributed by atoms with E-state index in [0.717, 1.165) is 32.0 Å². The SMILES string of the molecule is Cc1ccccc1[C@H]1[C@@H]2CN(Cc3nccn3C)C[C@@H]2CN1C(=O)N(C)C. The maximum Gasteiger partial charge on any atom is 0.320 e. The Morgan fingerprint density at radius 1 is 1.22 bits per heavy atom. The molecule has 0 bridgehead atoms. The van der Waals surface area contributed by atoms with Crippen molar-refractivity contribution in [2.75, 3.05) is 33.7 Å². The number of likely N-dealkylation sites (tertiary alicyclic amines) is 2. The van der Waals surface area contributed by atoms with E-state index in [1.54, 1.807) is 4.90 Å². The molecular formula is C21H29N5O. The van der Waals surface area contributed by atoms with Gasteiger partial charge < -0.3 is 14.4 Å². The summed E-state index contributed by atoms with van der Waals surface area (Å²) in [5, 5.41) is 0. The molecule has 2 aromatic rings. The third-order valence-corrected chi connectivity index (χ3v) is 6.16. The van der Waals surface area contributed by atoms with Gasteiger partial charge in [0, 0.05) is 59.1 Å². The maximum absolute atomic E-state index is 12.9. The highest BCUT2D eigenvalue weighted by Crippen LogP contribution is 2.46. The Bertz CT molecular complexity index is 829. The van der Waals surface area contributed by atoms with E-state index >= 15 is 0 Å². The van der Waals surface area contributed by atoms with Gasteiger partial charge in [-0.2, -0.15) is 0 Å². The number of fused-ring (bicyclic) bond motifs is 1. The van der Waals surface area contributed by atoms with E-state index in [4.69, 9.17) is 0 Å². The average molecular weight is 367 g/mol. The zero-order chi connectivity index (χ0) is 19.1. The largest absolute Gasteiger partial charge is 0.337 e. The van der Waals surface area contributed by atoms with E-state index in [9.17, 15) is 4.79 Å². The van der Waals surface area contributed by atoms with Gasteiger partial charge in [0.2, 0.25) is 0 Å². The van der Waals surface area contributed by atoms with Crippen molar-refractivity contribution in [2.24, 2.45) is 18.9 Å². The highest BCUT2D eigenvalue weighted by molar-refractivity contribution is 5.75. The van der Waals surface area contributed by atoms with Gasteiger partial charge in [0.15, 0.2) is 0 Å². The van der Waals surface area contributed by atoms with Crippen molar-refractivity contribution in [1.29, 1.82) is 0 Å². The number of rotatable bonds is 3. The maximum atomic E-state index is 12.9. The number of hydrogen-bond acceptors (Lipinski definition) is 3. The number of carbonyl (C=O) groups is 1. The van der Waals surface area contributed by atoms with E-state index < -0.39 is 0 Å². The highest BCUT2D eigenvalue weighted by Gasteiger charge is 2.49. The van der Waals surface area contributed by atoms with Crippen LogP contribution in [0.15, 0.2) is 36.7 Å². The molecule has 1 aromatic heterocycles. The number of nitrogens with zero attached hydrogens (tertiary/aromatic N) is 5. The molecule has 0 radical (unpaired) electrons. The van der Waals surface area contributed by atoms with Gasteiger partial charge in [-0.1, -0.05) is 24.3 Å². The van der Waals surface area contributed by atoms with Crippen LogP contribution in [0.4, 0.5) is 4.79 Å². The Kier molecular flexibility index (Phi) is 4.68. The lowest BCUT2D eigenvalue weighted by Crippen LogP contribution is -2.41. The lowest BCUT2D eigenvalue weighted by molar-refractivity contribution is 0.151. The van der Waals surface area contributed by atoms with Crippen LogP contribution in [0, 0.1) is 18.8 Å². The Hall–Kier alpha value is -2.34. The summed E-state index contributed by atoms with van der Waals surface area (Å²) in [5.74, 6) is 2.08. The normalized spacial score (nSPS) is 25.0.